The third-order valence-electron chi connectivity index (χ3n) is 5.58. The van der Waals surface area contributed by atoms with E-state index < -0.39 is 0 Å². The first kappa shape index (κ1) is 18.6. The van der Waals surface area contributed by atoms with Crippen LogP contribution in [0.2, 0.25) is 0 Å². The third kappa shape index (κ3) is 4.07. The summed E-state index contributed by atoms with van der Waals surface area (Å²) in [5, 5.41) is 3.01. The quantitative estimate of drug-likeness (QED) is 0.886. The molecule has 2 heterocycles. The Bertz CT molecular complexity index is 860. The number of para-hydroxylation sites is 1. The van der Waals surface area contributed by atoms with Gasteiger partial charge in [-0.1, -0.05) is 18.2 Å². The van der Waals surface area contributed by atoms with E-state index in [1.165, 1.54) is 29.8 Å². The lowest BCUT2D eigenvalue weighted by atomic mass is 10.0. The number of amides is 2. The van der Waals surface area contributed by atoms with Gasteiger partial charge in [0.05, 0.1) is 6.54 Å². The number of hydrogen-bond donors (Lipinski definition) is 1. The molecule has 4 rings (SSSR count). The Morgan fingerprint density at radius 1 is 1.00 bits per heavy atom. The van der Waals surface area contributed by atoms with Crippen LogP contribution in [0, 0.1) is 5.82 Å². The average molecular weight is 381 g/mol. The van der Waals surface area contributed by atoms with Crippen molar-refractivity contribution in [3.8, 4) is 0 Å². The zero-order valence-corrected chi connectivity index (χ0v) is 15.7. The van der Waals surface area contributed by atoms with Gasteiger partial charge < -0.3 is 10.2 Å². The number of anilines is 1. The second-order valence-electron chi connectivity index (χ2n) is 7.45. The molecule has 0 unspecified atom stereocenters. The van der Waals surface area contributed by atoms with E-state index in [2.05, 4.69) is 16.3 Å². The van der Waals surface area contributed by atoms with Gasteiger partial charge in [0.2, 0.25) is 5.91 Å². The van der Waals surface area contributed by atoms with Crippen molar-refractivity contribution in [1.82, 2.24) is 10.2 Å². The summed E-state index contributed by atoms with van der Waals surface area (Å²) in [4.78, 5) is 29.0. The van der Waals surface area contributed by atoms with E-state index in [4.69, 9.17) is 0 Å². The summed E-state index contributed by atoms with van der Waals surface area (Å²) < 4.78 is 13.0. The first-order valence-corrected chi connectivity index (χ1v) is 9.77. The van der Waals surface area contributed by atoms with Crippen LogP contribution in [0.4, 0.5) is 10.1 Å². The van der Waals surface area contributed by atoms with E-state index in [9.17, 15) is 14.0 Å². The van der Waals surface area contributed by atoms with Crippen molar-refractivity contribution in [3.63, 3.8) is 0 Å². The van der Waals surface area contributed by atoms with Gasteiger partial charge in [-0.2, -0.15) is 0 Å². The molecule has 28 heavy (non-hydrogen) atoms. The van der Waals surface area contributed by atoms with E-state index in [0.29, 0.717) is 12.1 Å². The van der Waals surface area contributed by atoms with Crippen LogP contribution in [-0.2, 0) is 11.2 Å². The highest BCUT2D eigenvalue weighted by molar-refractivity contribution is 5.96. The van der Waals surface area contributed by atoms with Crippen LogP contribution in [-0.4, -0.2) is 48.9 Å². The van der Waals surface area contributed by atoms with Gasteiger partial charge in [0.15, 0.2) is 0 Å². The van der Waals surface area contributed by atoms with Crippen molar-refractivity contribution in [3.05, 3.63) is 65.5 Å². The lowest BCUT2D eigenvalue weighted by molar-refractivity contribution is -0.119. The minimum absolute atomic E-state index is 0.0800. The normalized spacial score (nSPS) is 17.4. The maximum absolute atomic E-state index is 13.0. The van der Waals surface area contributed by atoms with Crippen LogP contribution in [0.25, 0.3) is 0 Å². The van der Waals surface area contributed by atoms with Crippen LogP contribution in [0.1, 0.15) is 28.8 Å². The first-order chi connectivity index (χ1) is 13.6. The highest BCUT2D eigenvalue weighted by Crippen LogP contribution is 2.27. The smallest absolute Gasteiger partial charge is 0.251 e. The van der Waals surface area contributed by atoms with Crippen LogP contribution in [0.5, 0.6) is 0 Å². The molecule has 2 aromatic rings. The molecule has 2 aliphatic rings. The van der Waals surface area contributed by atoms with E-state index in [1.807, 2.05) is 23.1 Å². The van der Waals surface area contributed by atoms with Gasteiger partial charge in [0, 0.05) is 36.9 Å². The van der Waals surface area contributed by atoms with Crippen molar-refractivity contribution >= 4 is 17.5 Å². The largest absolute Gasteiger partial charge is 0.349 e. The number of nitrogens with one attached hydrogen (secondary N) is 1. The zero-order valence-electron chi connectivity index (χ0n) is 15.7. The van der Waals surface area contributed by atoms with E-state index in [-0.39, 0.29) is 23.7 Å². The maximum atomic E-state index is 13.0. The van der Waals surface area contributed by atoms with Crippen molar-refractivity contribution in [2.75, 3.05) is 31.1 Å². The number of nitrogens with zero attached hydrogens (tertiary/aromatic N) is 2. The molecule has 0 saturated carbocycles. The molecule has 0 aliphatic carbocycles. The van der Waals surface area contributed by atoms with Crippen molar-refractivity contribution in [2.45, 2.75) is 25.3 Å². The second kappa shape index (κ2) is 8.10. The van der Waals surface area contributed by atoms with Crippen LogP contribution in [0.15, 0.2) is 48.5 Å². The number of likely N-dealkylation sites (tertiary alicyclic amines) is 1. The molecule has 0 bridgehead atoms. The predicted octanol–water partition coefficient (Wildman–Crippen LogP) is 2.61. The summed E-state index contributed by atoms with van der Waals surface area (Å²) in [6.45, 7) is 2.71. The van der Waals surface area contributed by atoms with E-state index in [1.54, 1.807) is 0 Å². The summed E-state index contributed by atoms with van der Waals surface area (Å²) >= 11 is 0. The standard InChI is InChI=1S/C22H24FN3O2/c23-18-7-5-17(6-8-18)22(28)24-19-10-12-25(13-11-19)15-21(27)26-14-9-16-3-1-2-4-20(16)26/h1-8,19H,9-15H2,(H,24,28). The highest BCUT2D eigenvalue weighted by atomic mass is 19.1. The minimum atomic E-state index is -0.352. The van der Waals surface area contributed by atoms with Crippen LogP contribution >= 0.6 is 0 Å². The van der Waals surface area contributed by atoms with Crippen LogP contribution in [0.3, 0.4) is 0 Å². The lowest BCUT2D eigenvalue weighted by Crippen LogP contribution is -2.48. The maximum Gasteiger partial charge on any atom is 0.251 e. The number of piperidine rings is 1. The van der Waals surface area contributed by atoms with E-state index in [0.717, 1.165) is 44.6 Å². The van der Waals surface area contributed by atoms with Crippen molar-refractivity contribution in [2.24, 2.45) is 0 Å². The number of benzene rings is 2. The van der Waals surface area contributed by atoms with Gasteiger partial charge in [-0.3, -0.25) is 14.5 Å². The molecular formula is C22H24FN3O2. The van der Waals surface area contributed by atoms with Gasteiger partial charge in [-0.15, -0.1) is 0 Å². The Kier molecular flexibility index (Phi) is 5.39. The highest BCUT2D eigenvalue weighted by Gasteiger charge is 2.27. The molecule has 2 aliphatic heterocycles. The Labute approximate surface area is 164 Å². The van der Waals surface area contributed by atoms with Gasteiger partial charge >= 0.3 is 0 Å². The van der Waals surface area contributed by atoms with Gasteiger partial charge in [0.1, 0.15) is 5.82 Å². The Hall–Kier alpha value is -2.73. The van der Waals surface area contributed by atoms with Gasteiger partial charge in [0.25, 0.3) is 5.91 Å². The predicted molar refractivity (Wildman–Crippen MR) is 106 cm³/mol. The molecule has 0 aromatic heterocycles. The number of carbonyl (C=O) groups is 2. The van der Waals surface area contributed by atoms with Crippen molar-refractivity contribution < 1.29 is 14.0 Å². The molecule has 0 atom stereocenters. The number of carbonyl (C=O) groups excluding carboxylic acids is 2. The van der Waals surface area contributed by atoms with Crippen LogP contribution < -0.4 is 10.2 Å². The second-order valence-corrected chi connectivity index (χ2v) is 7.45. The zero-order chi connectivity index (χ0) is 19.5. The molecule has 0 radical (unpaired) electrons. The topological polar surface area (TPSA) is 52.7 Å². The fourth-order valence-electron chi connectivity index (χ4n) is 3.98. The Morgan fingerprint density at radius 2 is 1.71 bits per heavy atom. The number of fused-ring (bicyclic) bond motifs is 1. The number of halogens is 1. The molecule has 1 saturated heterocycles. The molecule has 146 valence electrons. The third-order valence-corrected chi connectivity index (χ3v) is 5.58. The summed E-state index contributed by atoms with van der Waals surface area (Å²) in [5.41, 5.74) is 2.73. The Morgan fingerprint density at radius 3 is 2.46 bits per heavy atom. The van der Waals surface area contributed by atoms with Gasteiger partial charge in [-0.05, 0) is 55.2 Å². The lowest BCUT2D eigenvalue weighted by Gasteiger charge is -2.33. The molecule has 2 amide bonds. The average Bonchev–Trinajstić information content (AvgIpc) is 3.14. The molecule has 6 heteroatoms. The summed E-state index contributed by atoms with van der Waals surface area (Å²) in [6, 6.07) is 13.7. The molecule has 5 nitrogen and oxygen atoms in total. The molecule has 0 spiro atoms. The SMILES string of the molecule is O=C(NC1CCN(CC(=O)N2CCc3ccccc32)CC1)c1ccc(F)cc1. The van der Waals surface area contributed by atoms with Gasteiger partial charge in [-0.25, -0.2) is 4.39 Å². The monoisotopic (exact) mass is 381 g/mol. The summed E-state index contributed by atoms with van der Waals surface area (Å²) in [7, 11) is 0. The van der Waals surface area contributed by atoms with Crippen molar-refractivity contribution in [1.29, 1.82) is 0 Å². The van der Waals surface area contributed by atoms with E-state index >= 15 is 0 Å². The Balaban J connectivity index is 1.26. The molecule has 1 fully saturated rings. The fraction of sp³-hybridized carbons (Fsp3) is 0.364. The molecular weight excluding hydrogens is 357 g/mol. The fourth-order valence-corrected chi connectivity index (χ4v) is 3.98. The molecule has 2 aromatic carbocycles. The summed E-state index contributed by atoms with van der Waals surface area (Å²) in [6.07, 6.45) is 2.52. The number of rotatable bonds is 4. The number of hydrogen-bond acceptors (Lipinski definition) is 3. The minimum Gasteiger partial charge on any atom is -0.349 e. The summed E-state index contributed by atoms with van der Waals surface area (Å²) in [5.74, 6) is -0.392. The first-order valence-electron chi connectivity index (χ1n) is 9.77. The molecule has 1 N–H and O–H groups in total.